The molecule has 0 aliphatic heterocycles. The molecule has 4 rings (SSSR count). The fourth-order valence-electron chi connectivity index (χ4n) is 2.82. The van der Waals surface area contributed by atoms with Gasteiger partial charge in [0.15, 0.2) is 11.5 Å². The van der Waals surface area contributed by atoms with Crippen LogP contribution in [0, 0.1) is 0 Å². The highest BCUT2D eigenvalue weighted by Crippen LogP contribution is 2.41. The Balaban J connectivity index is 1.68. The molecule has 0 aliphatic carbocycles. The van der Waals surface area contributed by atoms with Gasteiger partial charge in [-0.05, 0) is 36.8 Å². The van der Waals surface area contributed by atoms with Crippen LogP contribution in [0.2, 0.25) is 5.02 Å². The third-order valence-electron chi connectivity index (χ3n) is 4.08. The number of fused-ring (bicyclic) bond motifs is 1. The highest BCUT2D eigenvalue weighted by atomic mass is 35.5. The first-order valence-electron chi connectivity index (χ1n) is 8.73. The Hall–Kier alpha value is -2.56. The standard InChI is InChI=1S/C22H18ClNO2S/c1-2-25-19-13-16(22-24-18-10-6-7-11-20(18)27-22)12-17(23)21(19)26-14-15-8-4-3-5-9-15/h3-13H,2,14H2,1H3. The second-order valence-electron chi connectivity index (χ2n) is 5.98. The van der Waals surface area contributed by atoms with E-state index in [9.17, 15) is 0 Å². The summed E-state index contributed by atoms with van der Waals surface area (Å²) in [6, 6.07) is 21.9. The molecule has 0 saturated carbocycles. The molecule has 0 radical (unpaired) electrons. The van der Waals surface area contributed by atoms with Crippen molar-refractivity contribution in [3.05, 3.63) is 77.3 Å². The number of para-hydroxylation sites is 1. The smallest absolute Gasteiger partial charge is 0.180 e. The average Bonchev–Trinajstić information content (AvgIpc) is 3.12. The van der Waals surface area contributed by atoms with Crippen LogP contribution in [0.5, 0.6) is 11.5 Å². The first-order chi connectivity index (χ1) is 13.2. The SMILES string of the molecule is CCOc1cc(-c2nc3ccccc3s2)cc(Cl)c1OCc1ccccc1. The lowest BCUT2D eigenvalue weighted by Crippen LogP contribution is -2.00. The van der Waals surface area contributed by atoms with E-state index in [0.717, 1.165) is 26.4 Å². The molecule has 136 valence electrons. The predicted molar refractivity (Wildman–Crippen MR) is 112 cm³/mol. The fourth-order valence-corrected chi connectivity index (χ4v) is 4.04. The van der Waals surface area contributed by atoms with Crippen LogP contribution >= 0.6 is 22.9 Å². The number of halogens is 1. The van der Waals surface area contributed by atoms with Gasteiger partial charge in [0, 0.05) is 5.56 Å². The Bertz CT molecular complexity index is 1030. The highest BCUT2D eigenvalue weighted by Gasteiger charge is 2.16. The summed E-state index contributed by atoms with van der Waals surface area (Å²) in [5.74, 6) is 1.20. The normalized spacial score (nSPS) is 10.9. The zero-order valence-corrected chi connectivity index (χ0v) is 16.4. The van der Waals surface area contributed by atoms with Crippen molar-refractivity contribution >= 4 is 33.2 Å². The molecule has 0 N–H and O–H groups in total. The van der Waals surface area contributed by atoms with Gasteiger partial charge in [0.25, 0.3) is 0 Å². The van der Waals surface area contributed by atoms with Crippen molar-refractivity contribution in [3.63, 3.8) is 0 Å². The number of nitrogens with zero attached hydrogens (tertiary/aromatic N) is 1. The minimum atomic E-state index is 0.432. The van der Waals surface area contributed by atoms with E-state index in [0.29, 0.717) is 29.7 Å². The van der Waals surface area contributed by atoms with Crippen molar-refractivity contribution in [1.29, 1.82) is 0 Å². The first-order valence-corrected chi connectivity index (χ1v) is 9.93. The number of ether oxygens (including phenoxy) is 2. The average molecular weight is 396 g/mol. The molecule has 0 spiro atoms. The molecule has 27 heavy (non-hydrogen) atoms. The van der Waals surface area contributed by atoms with Crippen molar-refractivity contribution in [2.75, 3.05) is 6.61 Å². The summed E-state index contributed by atoms with van der Waals surface area (Å²) in [6.45, 7) is 2.90. The summed E-state index contributed by atoms with van der Waals surface area (Å²) >= 11 is 8.19. The molecule has 0 fully saturated rings. The van der Waals surface area contributed by atoms with Gasteiger partial charge >= 0.3 is 0 Å². The largest absolute Gasteiger partial charge is 0.490 e. The maximum absolute atomic E-state index is 6.56. The van der Waals surface area contributed by atoms with Gasteiger partial charge in [0.1, 0.15) is 11.6 Å². The van der Waals surface area contributed by atoms with E-state index in [1.807, 2.05) is 67.6 Å². The van der Waals surface area contributed by atoms with Crippen molar-refractivity contribution in [3.8, 4) is 22.1 Å². The van der Waals surface area contributed by atoms with Crippen molar-refractivity contribution < 1.29 is 9.47 Å². The van der Waals surface area contributed by atoms with Gasteiger partial charge in [-0.2, -0.15) is 0 Å². The zero-order valence-electron chi connectivity index (χ0n) is 14.8. The van der Waals surface area contributed by atoms with Gasteiger partial charge in [0.2, 0.25) is 0 Å². The maximum Gasteiger partial charge on any atom is 0.180 e. The molecule has 5 heteroatoms. The van der Waals surface area contributed by atoms with Crippen LogP contribution in [-0.4, -0.2) is 11.6 Å². The third kappa shape index (κ3) is 3.92. The lowest BCUT2D eigenvalue weighted by Gasteiger charge is -2.15. The van der Waals surface area contributed by atoms with Crippen LogP contribution in [0.15, 0.2) is 66.7 Å². The Morgan fingerprint density at radius 3 is 2.52 bits per heavy atom. The minimum Gasteiger partial charge on any atom is -0.490 e. The Morgan fingerprint density at radius 1 is 0.963 bits per heavy atom. The van der Waals surface area contributed by atoms with Crippen molar-refractivity contribution in [2.45, 2.75) is 13.5 Å². The highest BCUT2D eigenvalue weighted by molar-refractivity contribution is 7.21. The number of hydrogen-bond donors (Lipinski definition) is 0. The molecule has 0 aliphatic rings. The number of benzene rings is 3. The third-order valence-corrected chi connectivity index (χ3v) is 5.44. The molecule has 1 aromatic heterocycles. The van der Waals surface area contributed by atoms with Gasteiger partial charge in [-0.1, -0.05) is 54.1 Å². The van der Waals surface area contributed by atoms with Crippen molar-refractivity contribution in [2.24, 2.45) is 0 Å². The van der Waals surface area contributed by atoms with E-state index in [1.54, 1.807) is 11.3 Å². The maximum atomic E-state index is 6.56. The van der Waals surface area contributed by atoms with Crippen LogP contribution in [-0.2, 0) is 6.61 Å². The summed E-state index contributed by atoms with van der Waals surface area (Å²) in [7, 11) is 0. The summed E-state index contributed by atoms with van der Waals surface area (Å²) in [5.41, 5.74) is 2.99. The van der Waals surface area contributed by atoms with E-state index >= 15 is 0 Å². The molecule has 0 atom stereocenters. The zero-order chi connectivity index (χ0) is 18.6. The second kappa shape index (κ2) is 7.99. The second-order valence-corrected chi connectivity index (χ2v) is 7.42. The molecule has 0 bridgehead atoms. The van der Waals surface area contributed by atoms with Crippen LogP contribution in [0.3, 0.4) is 0 Å². The molecule has 3 aromatic carbocycles. The summed E-state index contributed by atoms with van der Waals surface area (Å²) in [5, 5.41) is 1.43. The lowest BCUT2D eigenvalue weighted by atomic mass is 10.2. The number of aromatic nitrogens is 1. The monoisotopic (exact) mass is 395 g/mol. The summed E-state index contributed by atoms with van der Waals surface area (Å²) < 4.78 is 12.9. The topological polar surface area (TPSA) is 31.4 Å². The van der Waals surface area contributed by atoms with Crippen LogP contribution in [0.1, 0.15) is 12.5 Å². The van der Waals surface area contributed by atoms with Crippen LogP contribution < -0.4 is 9.47 Å². The quantitative estimate of drug-likeness (QED) is 0.368. The van der Waals surface area contributed by atoms with E-state index in [2.05, 4.69) is 6.07 Å². The predicted octanol–water partition coefficient (Wildman–Crippen LogP) is 6.59. The van der Waals surface area contributed by atoms with Gasteiger partial charge in [-0.15, -0.1) is 11.3 Å². The molecule has 0 amide bonds. The van der Waals surface area contributed by atoms with Crippen molar-refractivity contribution in [1.82, 2.24) is 4.98 Å². The molecule has 1 heterocycles. The van der Waals surface area contributed by atoms with Gasteiger partial charge in [-0.3, -0.25) is 0 Å². The Kier molecular flexibility index (Phi) is 5.28. The summed E-state index contributed by atoms with van der Waals surface area (Å²) in [6.07, 6.45) is 0. The van der Waals surface area contributed by atoms with E-state index in [-0.39, 0.29) is 0 Å². The Morgan fingerprint density at radius 2 is 1.74 bits per heavy atom. The van der Waals surface area contributed by atoms with E-state index in [1.165, 1.54) is 0 Å². The number of rotatable bonds is 6. The molecule has 0 unspecified atom stereocenters. The van der Waals surface area contributed by atoms with Gasteiger partial charge in [-0.25, -0.2) is 4.98 Å². The van der Waals surface area contributed by atoms with E-state index in [4.69, 9.17) is 26.1 Å². The number of hydrogen-bond acceptors (Lipinski definition) is 4. The minimum absolute atomic E-state index is 0.432. The Labute approximate surface area is 167 Å². The summed E-state index contributed by atoms with van der Waals surface area (Å²) in [4.78, 5) is 4.71. The number of thiazole rings is 1. The van der Waals surface area contributed by atoms with Gasteiger partial charge in [0.05, 0.1) is 21.8 Å². The van der Waals surface area contributed by atoms with Gasteiger partial charge < -0.3 is 9.47 Å². The lowest BCUT2D eigenvalue weighted by molar-refractivity contribution is 0.269. The van der Waals surface area contributed by atoms with Crippen LogP contribution in [0.25, 0.3) is 20.8 Å². The molecule has 0 saturated heterocycles. The van der Waals surface area contributed by atoms with E-state index < -0.39 is 0 Å². The molecule has 4 aromatic rings. The molecular formula is C22H18ClNO2S. The first kappa shape index (κ1) is 17.8. The molecular weight excluding hydrogens is 378 g/mol. The fraction of sp³-hybridized carbons (Fsp3) is 0.136. The molecule has 3 nitrogen and oxygen atoms in total. The van der Waals surface area contributed by atoms with Crippen LogP contribution in [0.4, 0.5) is 0 Å².